The molecule has 0 spiro atoms. The third-order valence-corrected chi connectivity index (χ3v) is 1.48. The number of carbonyl (C=O) groups excluding carboxylic acids is 1. The lowest BCUT2D eigenvalue weighted by Crippen LogP contribution is -2.04. The second-order valence-electron chi connectivity index (χ2n) is 2.50. The van der Waals surface area contributed by atoms with Crippen molar-refractivity contribution in [3.8, 4) is 0 Å². The van der Waals surface area contributed by atoms with Crippen molar-refractivity contribution in [2.24, 2.45) is 0 Å². The maximum Gasteiger partial charge on any atom is 0.358 e. The predicted molar refractivity (Wildman–Crippen MR) is 45.2 cm³/mol. The fourth-order valence-electron chi connectivity index (χ4n) is 0.926. The molecule has 0 bridgehead atoms. The van der Waals surface area contributed by atoms with Gasteiger partial charge in [-0.2, -0.15) is 9.37 Å². The average molecular weight is 202 g/mol. The first-order chi connectivity index (χ1) is 6.69. The number of imidazole rings is 1. The number of hydrogen-bond donors (Lipinski definition) is 0. The Morgan fingerprint density at radius 3 is 3.00 bits per heavy atom. The van der Waals surface area contributed by atoms with Gasteiger partial charge in [0.05, 0.1) is 6.61 Å². The van der Waals surface area contributed by atoms with Gasteiger partial charge in [0.2, 0.25) is 0 Å². The molecule has 6 heteroatoms. The lowest BCUT2D eigenvalue weighted by Gasteiger charge is -1.98. The summed E-state index contributed by atoms with van der Waals surface area (Å²) in [6.45, 7) is 1.91. The van der Waals surface area contributed by atoms with Crippen molar-refractivity contribution in [2.45, 2.75) is 13.7 Å². The van der Waals surface area contributed by atoms with Crippen LogP contribution in [0, 0.1) is 6.08 Å². The van der Waals surface area contributed by atoms with Crippen molar-refractivity contribution in [3.63, 3.8) is 0 Å². The minimum Gasteiger partial charge on any atom is -0.461 e. The fourth-order valence-corrected chi connectivity index (χ4v) is 0.926. The molecule has 0 saturated heterocycles. The van der Waals surface area contributed by atoms with Crippen LogP contribution < -0.4 is 0 Å². The Balaban J connectivity index is 2.79. The second kappa shape index (κ2) is 4.71. The molecule has 5 nitrogen and oxygen atoms in total. The maximum absolute atomic E-state index is 13.0. The van der Waals surface area contributed by atoms with Gasteiger partial charge in [-0.25, -0.2) is 4.79 Å². The largest absolute Gasteiger partial charge is 0.461 e. The zero-order valence-electron chi connectivity index (χ0n) is 7.99. The molecule has 0 aliphatic rings. The van der Waals surface area contributed by atoms with Crippen LogP contribution in [0.5, 0.6) is 0 Å². The standard InChI is InChI=1S/C8H11FN2O3/c1-3-14-7(12)6-4-11(5-13-2)8(9)10-6/h4H,3,5H2,1-2H3. The molecule has 0 saturated carbocycles. The Morgan fingerprint density at radius 2 is 2.43 bits per heavy atom. The zero-order chi connectivity index (χ0) is 10.6. The lowest BCUT2D eigenvalue weighted by atomic mass is 10.5. The monoisotopic (exact) mass is 202 g/mol. The Morgan fingerprint density at radius 1 is 1.71 bits per heavy atom. The number of carbonyl (C=O) groups is 1. The summed E-state index contributed by atoms with van der Waals surface area (Å²) in [6.07, 6.45) is 0.478. The molecule has 1 aromatic rings. The summed E-state index contributed by atoms with van der Waals surface area (Å²) in [4.78, 5) is 14.5. The summed E-state index contributed by atoms with van der Waals surface area (Å²) in [5.74, 6) is -0.638. The number of hydrogen-bond acceptors (Lipinski definition) is 4. The number of rotatable bonds is 4. The summed E-state index contributed by atoms with van der Waals surface area (Å²) in [7, 11) is 1.42. The van der Waals surface area contributed by atoms with E-state index in [0.717, 1.165) is 4.57 Å². The van der Waals surface area contributed by atoms with Crippen molar-refractivity contribution >= 4 is 5.97 Å². The van der Waals surface area contributed by atoms with E-state index in [4.69, 9.17) is 4.74 Å². The summed E-state index contributed by atoms with van der Waals surface area (Å²) < 4.78 is 23.4. The Kier molecular flexibility index (Phi) is 3.58. The molecular weight excluding hydrogens is 191 g/mol. The first kappa shape index (κ1) is 10.6. The molecule has 0 aromatic carbocycles. The highest BCUT2D eigenvalue weighted by molar-refractivity contribution is 5.86. The molecule has 0 radical (unpaired) electrons. The van der Waals surface area contributed by atoms with E-state index in [2.05, 4.69) is 9.72 Å². The molecule has 0 aliphatic heterocycles. The lowest BCUT2D eigenvalue weighted by molar-refractivity contribution is 0.0519. The van der Waals surface area contributed by atoms with Gasteiger partial charge in [0, 0.05) is 13.3 Å². The van der Waals surface area contributed by atoms with Crippen molar-refractivity contribution in [1.29, 1.82) is 0 Å². The topological polar surface area (TPSA) is 53.4 Å². The number of aromatic nitrogens is 2. The Labute approximate surface area is 80.4 Å². The first-order valence-corrected chi connectivity index (χ1v) is 4.07. The van der Waals surface area contributed by atoms with E-state index in [1.807, 2.05) is 0 Å². The minimum atomic E-state index is -0.769. The van der Waals surface area contributed by atoms with Gasteiger partial charge >= 0.3 is 5.97 Å². The van der Waals surface area contributed by atoms with Gasteiger partial charge in [0.25, 0.3) is 6.08 Å². The number of halogens is 1. The van der Waals surface area contributed by atoms with E-state index >= 15 is 0 Å². The smallest absolute Gasteiger partial charge is 0.358 e. The SMILES string of the molecule is CCOC(=O)c1cn(COC)c(F)n1. The molecular formula is C8H11FN2O3. The molecule has 1 aromatic heterocycles. The van der Waals surface area contributed by atoms with Crippen molar-refractivity contribution in [2.75, 3.05) is 13.7 Å². The third kappa shape index (κ3) is 2.29. The molecule has 14 heavy (non-hydrogen) atoms. The van der Waals surface area contributed by atoms with Gasteiger partial charge in [-0.15, -0.1) is 0 Å². The van der Waals surface area contributed by atoms with E-state index in [9.17, 15) is 9.18 Å². The van der Waals surface area contributed by atoms with Crippen LogP contribution in [0.2, 0.25) is 0 Å². The van der Waals surface area contributed by atoms with Crippen LogP contribution in [-0.4, -0.2) is 29.2 Å². The van der Waals surface area contributed by atoms with E-state index < -0.39 is 12.0 Å². The highest BCUT2D eigenvalue weighted by Gasteiger charge is 2.14. The van der Waals surface area contributed by atoms with Gasteiger partial charge in [-0.3, -0.25) is 4.57 Å². The summed E-state index contributed by atoms with van der Waals surface area (Å²) in [5.41, 5.74) is -0.0543. The fraction of sp³-hybridized carbons (Fsp3) is 0.500. The maximum atomic E-state index is 13.0. The molecule has 0 amide bonds. The second-order valence-corrected chi connectivity index (χ2v) is 2.50. The van der Waals surface area contributed by atoms with Crippen LogP contribution in [0.3, 0.4) is 0 Å². The van der Waals surface area contributed by atoms with Crippen LogP contribution in [0.15, 0.2) is 6.20 Å². The number of ether oxygens (including phenoxy) is 2. The molecule has 0 atom stereocenters. The van der Waals surface area contributed by atoms with Gasteiger partial charge in [0.15, 0.2) is 5.69 Å². The van der Waals surface area contributed by atoms with Crippen LogP contribution in [0.4, 0.5) is 4.39 Å². The van der Waals surface area contributed by atoms with Gasteiger partial charge < -0.3 is 9.47 Å². The quantitative estimate of drug-likeness (QED) is 0.678. The van der Waals surface area contributed by atoms with E-state index in [1.165, 1.54) is 13.3 Å². The Bertz CT molecular complexity index is 324. The van der Waals surface area contributed by atoms with Crippen LogP contribution in [-0.2, 0) is 16.2 Å². The van der Waals surface area contributed by atoms with Crippen LogP contribution in [0.1, 0.15) is 17.4 Å². The molecule has 1 rings (SSSR count). The van der Waals surface area contributed by atoms with E-state index in [1.54, 1.807) is 6.92 Å². The van der Waals surface area contributed by atoms with Crippen LogP contribution in [0.25, 0.3) is 0 Å². The molecule has 0 aliphatic carbocycles. The molecule has 1 heterocycles. The molecule has 0 N–H and O–H groups in total. The first-order valence-electron chi connectivity index (χ1n) is 4.07. The van der Waals surface area contributed by atoms with Crippen molar-refractivity contribution in [3.05, 3.63) is 18.0 Å². The van der Waals surface area contributed by atoms with E-state index in [0.29, 0.717) is 0 Å². The molecule has 0 unspecified atom stereocenters. The van der Waals surface area contributed by atoms with E-state index in [-0.39, 0.29) is 19.0 Å². The number of methoxy groups -OCH3 is 1. The van der Waals surface area contributed by atoms with Crippen LogP contribution >= 0.6 is 0 Å². The predicted octanol–water partition coefficient (Wildman–Crippen LogP) is 0.803. The molecule has 0 fully saturated rings. The minimum absolute atomic E-state index is 0.0121. The summed E-state index contributed by atoms with van der Waals surface area (Å²) in [6, 6.07) is 0. The Hall–Kier alpha value is -1.43. The zero-order valence-corrected chi connectivity index (χ0v) is 7.99. The molecule has 78 valence electrons. The normalized spacial score (nSPS) is 10.2. The highest BCUT2D eigenvalue weighted by Crippen LogP contribution is 2.03. The average Bonchev–Trinajstić information content (AvgIpc) is 2.49. The summed E-state index contributed by atoms with van der Waals surface area (Å²) in [5, 5.41) is 0. The summed E-state index contributed by atoms with van der Waals surface area (Å²) >= 11 is 0. The highest BCUT2D eigenvalue weighted by atomic mass is 19.1. The van der Waals surface area contributed by atoms with Gasteiger partial charge in [-0.05, 0) is 6.92 Å². The van der Waals surface area contributed by atoms with Gasteiger partial charge in [-0.1, -0.05) is 0 Å². The third-order valence-electron chi connectivity index (χ3n) is 1.48. The van der Waals surface area contributed by atoms with Gasteiger partial charge in [0.1, 0.15) is 6.73 Å². The van der Waals surface area contributed by atoms with Crippen molar-refractivity contribution in [1.82, 2.24) is 9.55 Å². The number of esters is 1. The number of nitrogens with zero attached hydrogens (tertiary/aromatic N) is 2. The van der Waals surface area contributed by atoms with Crippen molar-refractivity contribution < 1.29 is 18.7 Å².